The predicted molar refractivity (Wildman–Crippen MR) is 83.9 cm³/mol. The molecule has 2 amide bonds. The van der Waals surface area contributed by atoms with Crippen molar-refractivity contribution < 1.29 is 4.79 Å². The van der Waals surface area contributed by atoms with E-state index in [1.54, 1.807) is 6.20 Å². The van der Waals surface area contributed by atoms with Gasteiger partial charge in [-0.2, -0.15) is 0 Å². The Bertz CT molecular complexity index is 447. The number of hydrogen-bond acceptors (Lipinski definition) is 3. The van der Waals surface area contributed by atoms with E-state index < -0.39 is 0 Å². The summed E-state index contributed by atoms with van der Waals surface area (Å²) in [6.45, 7) is 11.4. The van der Waals surface area contributed by atoms with E-state index in [2.05, 4.69) is 42.0 Å². The molecule has 5 heteroatoms. The molecule has 21 heavy (non-hydrogen) atoms. The fourth-order valence-electron chi connectivity index (χ4n) is 2.31. The van der Waals surface area contributed by atoms with Crippen molar-refractivity contribution in [2.24, 2.45) is 5.41 Å². The lowest BCUT2D eigenvalue weighted by atomic mass is 9.97. The highest BCUT2D eigenvalue weighted by atomic mass is 16.2. The van der Waals surface area contributed by atoms with Crippen LogP contribution < -0.4 is 5.32 Å². The van der Waals surface area contributed by atoms with Crippen molar-refractivity contribution in [1.82, 2.24) is 20.1 Å². The van der Waals surface area contributed by atoms with Gasteiger partial charge in [0.05, 0.1) is 0 Å². The van der Waals surface area contributed by atoms with Crippen molar-refractivity contribution in [3.63, 3.8) is 0 Å². The molecule has 0 unspecified atom stereocenters. The van der Waals surface area contributed by atoms with Crippen LogP contribution in [0.1, 0.15) is 26.3 Å². The predicted octanol–water partition coefficient (Wildman–Crippen LogP) is 1.95. The summed E-state index contributed by atoms with van der Waals surface area (Å²) in [4.78, 5) is 20.5. The second-order valence-electron chi connectivity index (χ2n) is 6.84. The minimum absolute atomic E-state index is 0.0611. The minimum Gasteiger partial charge on any atom is -0.337 e. The highest BCUT2D eigenvalue weighted by molar-refractivity contribution is 5.74. The molecule has 1 aromatic heterocycles. The van der Waals surface area contributed by atoms with Gasteiger partial charge in [-0.05, 0) is 17.0 Å². The molecular formula is C16H26N4O. The summed E-state index contributed by atoms with van der Waals surface area (Å²) in [6.07, 6.45) is 3.70. The maximum Gasteiger partial charge on any atom is 0.317 e. The lowest BCUT2D eigenvalue weighted by Gasteiger charge is -2.35. The van der Waals surface area contributed by atoms with Gasteiger partial charge >= 0.3 is 6.03 Å². The van der Waals surface area contributed by atoms with Crippen LogP contribution in [0.15, 0.2) is 24.5 Å². The summed E-state index contributed by atoms with van der Waals surface area (Å²) in [7, 11) is 0. The van der Waals surface area contributed by atoms with Gasteiger partial charge in [0.1, 0.15) is 0 Å². The Morgan fingerprint density at radius 2 is 2.00 bits per heavy atom. The summed E-state index contributed by atoms with van der Waals surface area (Å²) in [5.41, 5.74) is 1.35. The number of nitrogens with zero attached hydrogens (tertiary/aromatic N) is 3. The van der Waals surface area contributed by atoms with Crippen molar-refractivity contribution in [3.05, 3.63) is 30.1 Å². The van der Waals surface area contributed by atoms with Gasteiger partial charge in [-0.3, -0.25) is 9.88 Å². The number of amides is 2. The number of rotatable bonds is 3. The topological polar surface area (TPSA) is 48.5 Å². The van der Waals surface area contributed by atoms with E-state index in [9.17, 15) is 4.79 Å². The van der Waals surface area contributed by atoms with E-state index in [1.165, 1.54) is 5.56 Å². The summed E-state index contributed by atoms with van der Waals surface area (Å²) in [5, 5.41) is 3.02. The fraction of sp³-hybridized carbons (Fsp3) is 0.625. The summed E-state index contributed by atoms with van der Waals surface area (Å²) in [6, 6.07) is 4.12. The second-order valence-corrected chi connectivity index (χ2v) is 6.84. The Kier molecular flexibility index (Phi) is 5.17. The first kappa shape index (κ1) is 15.8. The molecule has 1 saturated heterocycles. The molecule has 1 aromatic rings. The molecule has 116 valence electrons. The molecule has 1 N–H and O–H groups in total. The van der Waals surface area contributed by atoms with E-state index in [-0.39, 0.29) is 11.4 Å². The van der Waals surface area contributed by atoms with Gasteiger partial charge in [0.25, 0.3) is 0 Å². The molecule has 2 heterocycles. The standard InChI is InChI=1S/C16H26N4O/c1-16(2,3)13-18-15(21)20-9-7-19(8-10-20)12-14-5-4-6-17-11-14/h4-6,11H,7-10,12-13H2,1-3H3,(H,18,21). The van der Waals surface area contributed by atoms with E-state index in [1.807, 2.05) is 17.2 Å². The smallest absolute Gasteiger partial charge is 0.317 e. The molecule has 0 spiro atoms. The number of piperazine rings is 1. The first-order valence-corrected chi connectivity index (χ1v) is 7.58. The van der Waals surface area contributed by atoms with Crippen molar-refractivity contribution in [2.45, 2.75) is 27.3 Å². The zero-order valence-corrected chi connectivity index (χ0v) is 13.3. The fourth-order valence-corrected chi connectivity index (χ4v) is 2.31. The lowest BCUT2D eigenvalue weighted by Crippen LogP contribution is -2.52. The maximum absolute atomic E-state index is 12.1. The van der Waals surface area contributed by atoms with Crippen LogP contribution in [0.4, 0.5) is 4.79 Å². The first-order valence-electron chi connectivity index (χ1n) is 7.58. The maximum atomic E-state index is 12.1. The highest BCUT2D eigenvalue weighted by Gasteiger charge is 2.22. The van der Waals surface area contributed by atoms with Crippen LogP contribution >= 0.6 is 0 Å². The Morgan fingerprint density at radius 3 is 2.57 bits per heavy atom. The van der Waals surface area contributed by atoms with Gasteiger partial charge < -0.3 is 10.2 Å². The molecule has 1 fully saturated rings. The summed E-state index contributed by atoms with van der Waals surface area (Å²) < 4.78 is 0. The number of carbonyl (C=O) groups is 1. The van der Waals surface area contributed by atoms with Gasteiger partial charge in [-0.1, -0.05) is 26.8 Å². The molecule has 0 aromatic carbocycles. The lowest BCUT2D eigenvalue weighted by molar-refractivity contribution is 0.133. The van der Waals surface area contributed by atoms with Gasteiger partial charge in [0, 0.05) is 51.7 Å². The highest BCUT2D eigenvalue weighted by Crippen LogP contribution is 2.11. The Hall–Kier alpha value is -1.62. The third-order valence-electron chi connectivity index (χ3n) is 3.56. The first-order chi connectivity index (χ1) is 9.94. The molecule has 1 aliphatic heterocycles. The normalized spacial score (nSPS) is 16.8. The third kappa shape index (κ3) is 5.34. The largest absolute Gasteiger partial charge is 0.337 e. The van der Waals surface area contributed by atoms with E-state index in [4.69, 9.17) is 0 Å². The molecule has 0 aliphatic carbocycles. The van der Waals surface area contributed by atoms with E-state index in [0.717, 1.165) is 32.7 Å². The molecule has 0 bridgehead atoms. The van der Waals surface area contributed by atoms with Gasteiger partial charge in [-0.25, -0.2) is 4.79 Å². The summed E-state index contributed by atoms with van der Waals surface area (Å²) >= 11 is 0. The van der Waals surface area contributed by atoms with Crippen LogP contribution in [0, 0.1) is 5.41 Å². The summed E-state index contributed by atoms with van der Waals surface area (Å²) in [5.74, 6) is 0. The number of pyridine rings is 1. The zero-order chi connectivity index (χ0) is 15.3. The van der Waals surface area contributed by atoms with Crippen LogP contribution in [0.25, 0.3) is 0 Å². The Morgan fingerprint density at radius 1 is 1.29 bits per heavy atom. The monoisotopic (exact) mass is 290 g/mol. The van der Waals surface area contributed by atoms with Crippen LogP contribution in [0.5, 0.6) is 0 Å². The van der Waals surface area contributed by atoms with E-state index >= 15 is 0 Å². The van der Waals surface area contributed by atoms with E-state index in [0.29, 0.717) is 6.54 Å². The molecule has 1 aliphatic rings. The van der Waals surface area contributed by atoms with Crippen LogP contribution in [-0.4, -0.2) is 53.5 Å². The molecule has 5 nitrogen and oxygen atoms in total. The third-order valence-corrected chi connectivity index (χ3v) is 3.56. The van der Waals surface area contributed by atoms with Gasteiger partial charge in [0.2, 0.25) is 0 Å². The van der Waals surface area contributed by atoms with Crippen LogP contribution in [-0.2, 0) is 6.54 Å². The molecule has 0 saturated carbocycles. The minimum atomic E-state index is 0.0611. The van der Waals surface area contributed by atoms with Crippen molar-refractivity contribution in [2.75, 3.05) is 32.7 Å². The number of hydrogen-bond donors (Lipinski definition) is 1. The second kappa shape index (κ2) is 6.89. The van der Waals surface area contributed by atoms with Crippen molar-refractivity contribution in [3.8, 4) is 0 Å². The van der Waals surface area contributed by atoms with Gasteiger partial charge in [-0.15, -0.1) is 0 Å². The number of nitrogens with one attached hydrogen (secondary N) is 1. The average Bonchev–Trinajstić information content (AvgIpc) is 2.46. The number of aromatic nitrogens is 1. The Balaban J connectivity index is 1.74. The number of urea groups is 1. The SMILES string of the molecule is CC(C)(C)CNC(=O)N1CCN(Cc2cccnc2)CC1. The van der Waals surface area contributed by atoms with Crippen LogP contribution in [0.2, 0.25) is 0 Å². The van der Waals surface area contributed by atoms with Crippen molar-refractivity contribution >= 4 is 6.03 Å². The molecular weight excluding hydrogens is 264 g/mol. The zero-order valence-electron chi connectivity index (χ0n) is 13.3. The Labute approximate surface area is 127 Å². The average molecular weight is 290 g/mol. The number of carbonyl (C=O) groups excluding carboxylic acids is 1. The molecule has 0 radical (unpaired) electrons. The van der Waals surface area contributed by atoms with Gasteiger partial charge in [0.15, 0.2) is 0 Å². The van der Waals surface area contributed by atoms with Crippen LogP contribution in [0.3, 0.4) is 0 Å². The quantitative estimate of drug-likeness (QED) is 0.925. The molecule has 0 atom stereocenters. The molecule has 2 rings (SSSR count). The van der Waals surface area contributed by atoms with Crippen molar-refractivity contribution in [1.29, 1.82) is 0 Å².